The first-order valence-electron chi connectivity index (χ1n) is 9.75. The molecule has 1 aliphatic heterocycles. The number of hydrogen-bond acceptors (Lipinski definition) is 5. The van der Waals surface area contributed by atoms with E-state index in [9.17, 15) is 9.59 Å². The molecule has 0 unspecified atom stereocenters. The van der Waals surface area contributed by atoms with Gasteiger partial charge in [-0.3, -0.25) is 4.79 Å². The molecule has 150 valence electrons. The number of thioether (sulfide) groups is 1. The number of fused-ring (bicyclic) bond motifs is 2. The van der Waals surface area contributed by atoms with Crippen LogP contribution in [0.15, 0.2) is 52.9 Å². The van der Waals surface area contributed by atoms with Gasteiger partial charge in [0.15, 0.2) is 0 Å². The summed E-state index contributed by atoms with van der Waals surface area (Å²) in [5, 5.41) is 0.885. The zero-order chi connectivity index (χ0) is 20.4. The minimum atomic E-state index is -0.465. The van der Waals surface area contributed by atoms with Gasteiger partial charge in [-0.2, -0.15) is 0 Å². The van der Waals surface area contributed by atoms with Crippen molar-refractivity contribution in [3.8, 4) is 0 Å². The van der Waals surface area contributed by atoms with Gasteiger partial charge >= 0.3 is 5.97 Å². The number of para-hydroxylation sites is 2. The Balaban J connectivity index is 1.50. The van der Waals surface area contributed by atoms with Gasteiger partial charge in [0, 0.05) is 28.4 Å². The molecule has 1 atom stereocenters. The van der Waals surface area contributed by atoms with Crippen LogP contribution < -0.4 is 4.90 Å². The highest BCUT2D eigenvalue weighted by Crippen LogP contribution is 2.33. The molecule has 0 N–H and O–H groups in total. The van der Waals surface area contributed by atoms with Gasteiger partial charge in [-0.05, 0) is 38.0 Å². The zero-order valence-corrected chi connectivity index (χ0v) is 17.3. The van der Waals surface area contributed by atoms with E-state index < -0.39 is 5.97 Å². The Morgan fingerprint density at radius 3 is 2.76 bits per heavy atom. The van der Waals surface area contributed by atoms with Crippen molar-refractivity contribution in [1.82, 2.24) is 0 Å². The average molecular weight is 410 g/mol. The Morgan fingerprint density at radius 2 is 1.93 bits per heavy atom. The molecular weight excluding hydrogens is 386 g/mol. The first-order chi connectivity index (χ1) is 14.1. The van der Waals surface area contributed by atoms with Gasteiger partial charge < -0.3 is 14.1 Å². The Kier molecular flexibility index (Phi) is 5.62. The quantitative estimate of drug-likeness (QED) is 0.546. The predicted molar refractivity (Wildman–Crippen MR) is 115 cm³/mol. The van der Waals surface area contributed by atoms with Crippen LogP contribution in [0.2, 0.25) is 0 Å². The summed E-state index contributed by atoms with van der Waals surface area (Å²) in [6.45, 7) is 4.13. The molecule has 1 aromatic heterocycles. The Bertz CT molecular complexity index is 1060. The summed E-state index contributed by atoms with van der Waals surface area (Å²) in [6.07, 6.45) is 0.881. The molecular formula is C23H23NO4S. The Hall–Kier alpha value is -2.73. The monoisotopic (exact) mass is 409 g/mol. The van der Waals surface area contributed by atoms with Crippen LogP contribution in [0.4, 0.5) is 5.69 Å². The number of carbonyl (C=O) groups excluding carboxylic acids is 2. The van der Waals surface area contributed by atoms with Gasteiger partial charge in [-0.1, -0.05) is 36.4 Å². The van der Waals surface area contributed by atoms with Crippen LogP contribution in [0.1, 0.15) is 35.5 Å². The third-order valence-corrected chi connectivity index (χ3v) is 6.05. The molecule has 29 heavy (non-hydrogen) atoms. The highest BCUT2D eigenvalue weighted by atomic mass is 32.2. The summed E-state index contributed by atoms with van der Waals surface area (Å²) in [5.74, 6) is 0.680. The molecule has 5 nitrogen and oxygen atoms in total. The van der Waals surface area contributed by atoms with Crippen molar-refractivity contribution in [2.24, 2.45) is 0 Å². The third-order valence-electron chi connectivity index (χ3n) is 5.11. The number of hydrogen-bond donors (Lipinski definition) is 0. The third kappa shape index (κ3) is 3.77. The highest BCUT2D eigenvalue weighted by molar-refractivity contribution is 7.99. The van der Waals surface area contributed by atoms with Crippen LogP contribution in [0.3, 0.4) is 0 Å². The lowest BCUT2D eigenvalue weighted by Gasteiger charge is -2.22. The fourth-order valence-electron chi connectivity index (χ4n) is 3.86. The maximum atomic E-state index is 12.9. The van der Waals surface area contributed by atoms with Gasteiger partial charge in [0.25, 0.3) is 0 Å². The van der Waals surface area contributed by atoms with Crippen molar-refractivity contribution < 1.29 is 18.7 Å². The van der Waals surface area contributed by atoms with Crippen LogP contribution in [0.25, 0.3) is 11.0 Å². The SMILES string of the molecule is CCOC(=O)c1oc2ccccc2c1CSCC(=O)N1c2ccccc2C[C@H]1C. The average Bonchev–Trinajstić information content (AvgIpc) is 3.25. The van der Waals surface area contributed by atoms with Gasteiger partial charge in [-0.15, -0.1) is 11.8 Å². The van der Waals surface area contributed by atoms with E-state index in [-0.39, 0.29) is 24.3 Å². The lowest BCUT2D eigenvalue weighted by molar-refractivity contribution is -0.116. The van der Waals surface area contributed by atoms with Crippen molar-refractivity contribution in [2.75, 3.05) is 17.3 Å². The number of amides is 1. The molecule has 0 radical (unpaired) electrons. The normalized spacial score (nSPS) is 15.5. The van der Waals surface area contributed by atoms with Gasteiger partial charge in [0.05, 0.1) is 12.4 Å². The second-order valence-corrected chi connectivity index (χ2v) is 8.05. The molecule has 0 spiro atoms. The molecule has 0 bridgehead atoms. The zero-order valence-electron chi connectivity index (χ0n) is 16.5. The predicted octanol–water partition coefficient (Wildman–Crippen LogP) is 4.82. The molecule has 2 aromatic carbocycles. The first kappa shape index (κ1) is 19.6. The number of benzene rings is 2. The van der Waals surface area contributed by atoms with Gasteiger partial charge in [-0.25, -0.2) is 4.79 Å². The number of esters is 1. The molecule has 0 aliphatic carbocycles. The van der Waals surface area contributed by atoms with E-state index in [1.165, 1.54) is 17.3 Å². The Labute approximate surface area is 174 Å². The van der Waals surface area contributed by atoms with E-state index in [0.717, 1.165) is 23.1 Å². The van der Waals surface area contributed by atoms with E-state index in [0.29, 0.717) is 17.1 Å². The van der Waals surface area contributed by atoms with Crippen LogP contribution >= 0.6 is 11.8 Å². The van der Waals surface area contributed by atoms with Crippen LogP contribution in [-0.4, -0.2) is 30.3 Å². The van der Waals surface area contributed by atoms with Crippen LogP contribution in [-0.2, 0) is 21.7 Å². The lowest BCUT2D eigenvalue weighted by atomic mass is 10.1. The first-order valence-corrected chi connectivity index (χ1v) is 10.9. The lowest BCUT2D eigenvalue weighted by Crippen LogP contribution is -2.37. The molecule has 1 aliphatic rings. The Morgan fingerprint density at radius 1 is 1.17 bits per heavy atom. The molecule has 3 aromatic rings. The number of carbonyl (C=O) groups is 2. The number of anilines is 1. The summed E-state index contributed by atoms with van der Waals surface area (Å²) in [5.41, 5.74) is 3.65. The molecule has 2 heterocycles. The fraction of sp³-hybridized carbons (Fsp3) is 0.304. The van der Waals surface area contributed by atoms with Crippen LogP contribution in [0.5, 0.6) is 0 Å². The second kappa shape index (κ2) is 8.33. The molecule has 0 saturated heterocycles. The van der Waals surface area contributed by atoms with E-state index >= 15 is 0 Å². The van der Waals surface area contributed by atoms with Crippen molar-refractivity contribution in [2.45, 2.75) is 32.1 Å². The maximum Gasteiger partial charge on any atom is 0.374 e. The summed E-state index contributed by atoms with van der Waals surface area (Å²) in [6, 6.07) is 15.8. The minimum Gasteiger partial charge on any atom is -0.460 e. The summed E-state index contributed by atoms with van der Waals surface area (Å²) in [4.78, 5) is 27.1. The minimum absolute atomic E-state index is 0.0814. The molecule has 4 rings (SSSR count). The number of furan rings is 1. The molecule has 6 heteroatoms. The summed E-state index contributed by atoms with van der Waals surface area (Å²) in [7, 11) is 0. The van der Waals surface area contributed by atoms with Crippen molar-refractivity contribution in [3.63, 3.8) is 0 Å². The number of nitrogens with zero attached hydrogens (tertiary/aromatic N) is 1. The molecule has 0 fully saturated rings. The van der Waals surface area contributed by atoms with Crippen molar-refractivity contribution in [3.05, 3.63) is 65.4 Å². The molecule has 0 saturated carbocycles. The topological polar surface area (TPSA) is 59.8 Å². The second-order valence-electron chi connectivity index (χ2n) is 7.06. The van der Waals surface area contributed by atoms with Crippen molar-refractivity contribution in [1.29, 1.82) is 0 Å². The van der Waals surface area contributed by atoms with Gasteiger partial charge in [0.2, 0.25) is 11.7 Å². The van der Waals surface area contributed by atoms with E-state index in [1.54, 1.807) is 6.92 Å². The van der Waals surface area contributed by atoms with Gasteiger partial charge in [0.1, 0.15) is 5.58 Å². The standard InChI is InChI=1S/C23H23NO4S/c1-3-27-23(26)22-18(17-9-5-7-11-20(17)28-22)13-29-14-21(25)24-15(2)12-16-8-4-6-10-19(16)24/h4-11,15H,3,12-14H2,1-2H3/t15-/m1/s1. The van der Waals surface area contributed by atoms with E-state index in [2.05, 4.69) is 13.0 Å². The fourth-order valence-corrected chi connectivity index (χ4v) is 4.77. The number of ether oxygens (including phenoxy) is 1. The van der Waals surface area contributed by atoms with Crippen molar-refractivity contribution >= 4 is 40.3 Å². The highest BCUT2D eigenvalue weighted by Gasteiger charge is 2.30. The number of rotatable bonds is 6. The smallest absolute Gasteiger partial charge is 0.374 e. The summed E-state index contributed by atoms with van der Waals surface area (Å²) < 4.78 is 10.9. The van der Waals surface area contributed by atoms with E-state index in [1.807, 2.05) is 47.4 Å². The van der Waals surface area contributed by atoms with E-state index in [4.69, 9.17) is 9.15 Å². The van der Waals surface area contributed by atoms with Crippen LogP contribution in [0, 0.1) is 0 Å². The summed E-state index contributed by atoms with van der Waals surface area (Å²) >= 11 is 1.49. The molecule has 1 amide bonds. The largest absolute Gasteiger partial charge is 0.460 e. The maximum absolute atomic E-state index is 12.9.